The Hall–Kier alpha value is -2.05. The summed E-state index contributed by atoms with van der Waals surface area (Å²) in [7, 11) is 0. The summed E-state index contributed by atoms with van der Waals surface area (Å²) in [6, 6.07) is 11.5. The molecule has 0 saturated carbocycles. The summed E-state index contributed by atoms with van der Waals surface area (Å²) in [5.74, 6) is -0.114. The number of benzene rings is 2. The van der Waals surface area contributed by atoms with Crippen LogP contribution in [0.4, 0.5) is 5.69 Å². The van der Waals surface area contributed by atoms with Crippen LogP contribution in [0.5, 0.6) is 0 Å². The van der Waals surface area contributed by atoms with Crippen molar-refractivity contribution in [3.05, 3.63) is 63.2 Å². The first-order chi connectivity index (χ1) is 9.49. The smallest absolute Gasteiger partial charge is 0.283 e. The maximum absolute atomic E-state index is 10.9. The SMILES string of the molecule is N=C(N)c1ccc(Sc2ccccc2[N+](=O)[O-])cc1Cl. The molecule has 0 atom stereocenters. The lowest BCUT2D eigenvalue weighted by Gasteiger charge is -2.06. The van der Waals surface area contributed by atoms with Gasteiger partial charge in [-0.25, -0.2) is 0 Å². The zero-order valence-corrected chi connectivity index (χ0v) is 11.7. The third kappa shape index (κ3) is 3.09. The molecule has 0 unspecified atom stereocenters. The van der Waals surface area contributed by atoms with Gasteiger partial charge in [-0.1, -0.05) is 35.5 Å². The molecular formula is C13H10ClN3O2S. The molecule has 0 fully saturated rings. The molecule has 3 N–H and O–H groups in total. The lowest BCUT2D eigenvalue weighted by molar-refractivity contribution is -0.387. The second kappa shape index (κ2) is 5.94. The topological polar surface area (TPSA) is 93.0 Å². The Morgan fingerprint density at radius 1 is 1.30 bits per heavy atom. The minimum atomic E-state index is -0.423. The third-order valence-electron chi connectivity index (χ3n) is 2.52. The van der Waals surface area contributed by atoms with Crippen LogP contribution in [0.15, 0.2) is 52.3 Å². The minimum Gasteiger partial charge on any atom is -0.384 e. The maximum Gasteiger partial charge on any atom is 0.283 e. The Bertz CT molecular complexity index is 691. The Kier molecular flexibility index (Phi) is 4.26. The number of nitrogens with zero attached hydrogens (tertiary/aromatic N) is 1. The van der Waals surface area contributed by atoms with Crippen molar-refractivity contribution in [1.29, 1.82) is 5.41 Å². The van der Waals surface area contributed by atoms with Crippen LogP contribution in [-0.2, 0) is 0 Å². The highest BCUT2D eigenvalue weighted by Crippen LogP contribution is 2.35. The van der Waals surface area contributed by atoms with Crippen molar-refractivity contribution in [2.75, 3.05) is 0 Å². The zero-order valence-electron chi connectivity index (χ0n) is 10.2. The quantitative estimate of drug-likeness (QED) is 0.390. The van der Waals surface area contributed by atoms with Crippen LogP contribution in [0.3, 0.4) is 0 Å². The van der Waals surface area contributed by atoms with Crippen molar-refractivity contribution in [2.45, 2.75) is 9.79 Å². The number of nitrogens with two attached hydrogens (primary N) is 1. The Morgan fingerprint density at radius 2 is 2.00 bits per heavy atom. The second-order valence-corrected chi connectivity index (χ2v) is 5.40. The molecule has 0 aromatic heterocycles. The number of hydrogen-bond donors (Lipinski definition) is 2. The summed E-state index contributed by atoms with van der Waals surface area (Å²) in [5.41, 5.74) is 5.87. The number of halogens is 1. The van der Waals surface area contributed by atoms with Crippen molar-refractivity contribution in [2.24, 2.45) is 5.73 Å². The third-order valence-corrected chi connectivity index (χ3v) is 3.89. The number of para-hydroxylation sites is 1. The van der Waals surface area contributed by atoms with Gasteiger partial charge in [0.05, 0.1) is 14.8 Å². The van der Waals surface area contributed by atoms with Crippen LogP contribution in [0.1, 0.15) is 5.56 Å². The first kappa shape index (κ1) is 14.4. The number of nitro benzene ring substituents is 1. The van der Waals surface area contributed by atoms with E-state index in [0.717, 1.165) is 4.90 Å². The highest BCUT2D eigenvalue weighted by molar-refractivity contribution is 7.99. The van der Waals surface area contributed by atoms with E-state index in [2.05, 4.69) is 0 Å². The molecule has 0 aliphatic rings. The van der Waals surface area contributed by atoms with Crippen molar-refractivity contribution >= 4 is 34.9 Å². The van der Waals surface area contributed by atoms with Gasteiger partial charge in [0.1, 0.15) is 5.84 Å². The molecular weight excluding hydrogens is 298 g/mol. The summed E-state index contributed by atoms with van der Waals surface area (Å²) in [4.78, 5) is 11.8. The van der Waals surface area contributed by atoms with E-state index in [1.165, 1.54) is 17.8 Å². The first-order valence-corrected chi connectivity index (χ1v) is 6.73. The van der Waals surface area contributed by atoms with Crippen LogP contribution in [0.25, 0.3) is 0 Å². The molecule has 0 heterocycles. The fourth-order valence-corrected chi connectivity index (χ4v) is 2.91. The predicted octanol–water partition coefficient (Wildman–Crippen LogP) is 3.68. The number of hydrogen-bond acceptors (Lipinski definition) is 4. The fourth-order valence-electron chi connectivity index (χ4n) is 1.60. The molecule has 2 aromatic carbocycles. The molecule has 20 heavy (non-hydrogen) atoms. The molecule has 5 nitrogen and oxygen atoms in total. The van der Waals surface area contributed by atoms with Gasteiger partial charge in [0, 0.05) is 16.5 Å². The van der Waals surface area contributed by atoms with Gasteiger partial charge >= 0.3 is 0 Å². The van der Waals surface area contributed by atoms with Crippen LogP contribution >= 0.6 is 23.4 Å². The van der Waals surface area contributed by atoms with E-state index < -0.39 is 4.92 Å². The highest BCUT2D eigenvalue weighted by Gasteiger charge is 2.14. The summed E-state index contributed by atoms with van der Waals surface area (Å²) in [6.45, 7) is 0. The van der Waals surface area contributed by atoms with Gasteiger partial charge in [-0.05, 0) is 24.3 Å². The van der Waals surface area contributed by atoms with E-state index in [1.807, 2.05) is 0 Å². The second-order valence-electron chi connectivity index (χ2n) is 3.88. The normalized spacial score (nSPS) is 10.2. The van der Waals surface area contributed by atoms with Gasteiger partial charge < -0.3 is 5.73 Å². The maximum atomic E-state index is 10.9. The largest absolute Gasteiger partial charge is 0.384 e. The molecule has 102 valence electrons. The molecule has 7 heteroatoms. The van der Waals surface area contributed by atoms with E-state index in [9.17, 15) is 10.1 Å². The Morgan fingerprint density at radius 3 is 2.60 bits per heavy atom. The molecule has 2 aromatic rings. The van der Waals surface area contributed by atoms with Crippen LogP contribution in [0, 0.1) is 15.5 Å². The molecule has 0 aliphatic heterocycles. The lowest BCUT2D eigenvalue weighted by Crippen LogP contribution is -2.11. The fraction of sp³-hybridized carbons (Fsp3) is 0. The summed E-state index contributed by atoms with van der Waals surface area (Å²) in [6.07, 6.45) is 0. The summed E-state index contributed by atoms with van der Waals surface area (Å²) in [5, 5.41) is 18.6. The number of amidine groups is 1. The van der Waals surface area contributed by atoms with E-state index in [0.29, 0.717) is 15.5 Å². The monoisotopic (exact) mass is 307 g/mol. The van der Waals surface area contributed by atoms with Gasteiger partial charge in [0.15, 0.2) is 0 Å². The molecule has 2 rings (SSSR count). The van der Waals surface area contributed by atoms with E-state index in [1.54, 1.807) is 36.4 Å². The molecule has 0 saturated heterocycles. The number of nitro groups is 1. The molecule has 0 radical (unpaired) electrons. The Balaban J connectivity index is 2.34. The Labute approximate surface area is 124 Å². The highest BCUT2D eigenvalue weighted by atomic mass is 35.5. The van der Waals surface area contributed by atoms with E-state index in [4.69, 9.17) is 22.7 Å². The number of rotatable bonds is 4. The van der Waals surface area contributed by atoms with Gasteiger partial charge in [-0.3, -0.25) is 15.5 Å². The summed E-state index contributed by atoms with van der Waals surface area (Å²) < 4.78 is 0. The van der Waals surface area contributed by atoms with Gasteiger partial charge in [0.2, 0.25) is 0 Å². The molecule has 0 spiro atoms. The molecule has 0 amide bonds. The standard InChI is InChI=1S/C13H10ClN3O2S/c14-10-7-8(5-6-9(10)13(15)16)20-12-4-2-1-3-11(12)17(18)19/h1-7H,(H3,15,16). The predicted molar refractivity (Wildman–Crippen MR) is 79.7 cm³/mol. The van der Waals surface area contributed by atoms with Crippen molar-refractivity contribution in [1.82, 2.24) is 0 Å². The summed E-state index contributed by atoms with van der Waals surface area (Å²) >= 11 is 7.26. The van der Waals surface area contributed by atoms with Crippen molar-refractivity contribution in [3.63, 3.8) is 0 Å². The minimum absolute atomic E-state index is 0.0456. The van der Waals surface area contributed by atoms with Crippen molar-refractivity contribution in [3.8, 4) is 0 Å². The van der Waals surface area contributed by atoms with Crippen LogP contribution in [-0.4, -0.2) is 10.8 Å². The van der Waals surface area contributed by atoms with E-state index in [-0.39, 0.29) is 11.5 Å². The first-order valence-electron chi connectivity index (χ1n) is 5.54. The van der Waals surface area contributed by atoms with Gasteiger partial charge in [-0.15, -0.1) is 0 Å². The van der Waals surface area contributed by atoms with Crippen LogP contribution in [0.2, 0.25) is 5.02 Å². The average molecular weight is 308 g/mol. The van der Waals surface area contributed by atoms with Crippen molar-refractivity contribution < 1.29 is 4.92 Å². The molecule has 0 bridgehead atoms. The molecule has 0 aliphatic carbocycles. The number of nitrogen functional groups attached to an aromatic ring is 1. The van der Waals surface area contributed by atoms with Gasteiger partial charge in [0.25, 0.3) is 5.69 Å². The lowest BCUT2D eigenvalue weighted by atomic mass is 10.2. The van der Waals surface area contributed by atoms with Gasteiger partial charge in [-0.2, -0.15) is 0 Å². The average Bonchev–Trinajstić information content (AvgIpc) is 2.38. The number of nitrogens with one attached hydrogen (secondary N) is 1. The zero-order chi connectivity index (χ0) is 14.7. The van der Waals surface area contributed by atoms with E-state index >= 15 is 0 Å². The van der Waals surface area contributed by atoms with Crippen LogP contribution < -0.4 is 5.73 Å².